The van der Waals surface area contributed by atoms with E-state index in [-0.39, 0.29) is 17.0 Å². The average molecular weight is 401 g/mol. The molecular weight excluding hydrogens is 380 g/mol. The van der Waals surface area contributed by atoms with E-state index in [0.29, 0.717) is 19.7 Å². The Morgan fingerprint density at radius 3 is 2.50 bits per heavy atom. The predicted octanol–water partition coefficient (Wildman–Crippen LogP) is 0.715. The van der Waals surface area contributed by atoms with E-state index in [9.17, 15) is 19.5 Å². The van der Waals surface area contributed by atoms with Crippen LogP contribution in [0.15, 0.2) is 30.3 Å². The Bertz CT molecular complexity index is 543. The van der Waals surface area contributed by atoms with Crippen molar-refractivity contribution < 1.29 is 24.2 Å². The van der Waals surface area contributed by atoms with Gasteiger partial charge >= 0.3 is 5.97 Å². The van der Waals surface area contributed by atoms with E-state index < -0.39 is 18.1 Å². The molecule has 0 radical (unpaired) electrons. The maximum Gasteiger partial charge on any atom is 0.326 e. The summed E-state index contributed by atoms with van der Waals surface area (Å²) in [6, 6.07) is 8.26. The Kier molecular flexibility index (Phi) is 9.21. The second kappa shape index (κ2) is 10.9. The normalized spacial score (nSPS) is 17.8. The highest BCUT2D eigenvalue weighted by atomic mass is 79.9. The summed E-state index contributed by atoms with van der Waals surface area (Å²) in [5.74, 6) is -1.44. The van der Waals surface area contributed by atoms with Gasteiger partial charge in [0, 0.05) is 26.4 Å². The second-order valence-corrected chi connectivity index (χ2v) is 6.24. The SMILES string of the molecule is CC(=O)Br.O=C(N[C@@H](Cc1ccccc1)C(=O)O)C1CNCCO1. The van der Waals surface area contributed by atoms with Crippen LogP contribution in [0.1, 0.15) is 12.5 Å². The van der Waals surface area contributed by atoms with Crippen LogP contribution in [0.5, 0.6) is 0 Å². The molecule has 1 aromatic rings. The van der Waals surface area contributed by atoms with Crippen molar-refractivity contribution in [3.05, 3.63) is 35.9 Å². The lowest BCUT2D eigenvalue weighted by Gasteiger charge is -2.24. The topological polar surface area (TPSA) is 105 Å². The molecule has 7 nitrogen and oxygen atoms in total. The number of ether oxygens (including phenoxy) is 1. The van der Waals surface area contributed by atoms with Gasteiger partial charge in [0.25, 0.3) is 5.91 Å². The van der Waals surface area contributed by atoms with Crippen molar-refractivity contribution in [2.24, 2.45) is 0 Å². The van der Waals surface area contributed by atoms with Crippen LogP contribution in [0.4, 0.5) is 0 Å². The third-order valence-corrected chi connectivity index (χ3v) is 3.12. The summed E-state index contributed by atoms with van der Waals surface area (Å²) in [6.45, 7) is 3.01. The smallest absolute Gasteiger partial charge is 0.326 e. The zero-order valence-electron chi connectivity index (χ0n) is 13.3. The van der Waals surface area contributed by atoms with Crippen molar-refractivity contribution in [2.75, 3.05) is 19.7 Å². The van der Waals surface area contributed by atoms with Gasteiger partial charge in [-0.15, -0.1) is 0 Å². The molecule has 8 heteroatoms. The summed E-state index contributed by atoms with van der Waals surface area (Å²) in [6.07, 6.45) is -0.372. The van der Waals surface area contributed by atoms with Crippen LogP contribution < -0.4 is 10.6 Å². The first-order chi connectivity index (χ1) is 11.4. The van der Waals surface area contributed by atoms with E-state index in [0.717, 1.165) is 5.56 Å². The van der Waals surface area contributed by atoms with Gasteiger partial charge in [0.15, 0.2) is 4.69 Å². The largest absolute Gasteiger partial charge is 0.480 e. The molecule has 1 saturated heterocycles. The first kappa shape index (κ1) is 20.3. The maximum atomic E-state index is 12.0. The number of rotatable bonds is 5. The summed E-state index contributed by atoms with van der Waals surface area (Å²) in [7, 11) is 0. The molecule has 0 spiro atoms. The lowest BCUT2D eigenvalue weighted by atomic mass is 10.1. The highest BCUT2D eigenvalue weighted by Gasteiger charge is 2.27. The molecule has 1 unspecified atom stereocenters. The van der Waals surface area contributed by atoms with Crippen LogP contribution in [0.2, 0.25) is 0 Å². The van der Waals surface area contributed by atoms with E-state index in [1.807, 2.05) is 30.3 Å². The molecule has 1 amide bonds. The Balaban J connectivity index is 0.000000648. The number of morpholine rings is 1. The lowest BCUT2D eigenvalue weighted by Crippen LogP contribution is -2.52. The fraction of sp³-hybridized carbons (Fsp3) is 0.438. The molecule has 0 saturated carbocycles. The number of benzene rings is 1. The summed E-state index contributed by atoms with van der Waals surface area (Å²) in [5.41, 5.74) is 0.864. The fourth-order valence-electron chi connectivity index (χ4n) is 2.05. The van der Waals surface area contributed by atoms with E-state index in [2.05, 4.69) is 26.6 Å². The van der Waals surface area contributed by atoms with E-state index in [1.165, 1.54) is 6.92 Å². The van der Waals surface area contributed by atoms with Crippen molar-refractivity contribution in [3.8, 4) is 0 Å². The second-order valence-electron chi connectivity index (χ2n) is 5.12. The molecule has 0 bridgehead atoms. The maximum absolute atomic E-state index is 12.0. The van der Waals surface area contributed by atoms with Gasteiger partial charge in [0.2, 0.25) is 0 Å². The number of carboxylic acids is 1. The molecule has 1 aliphatic heterocycles. The van der Waals surface area contributed by atoms with Gasteiger partial charge < -0.3 is 20.5 Å². The molecule has 2 rings (SSSR count). The first-order valence-electron chi connectivity index (χ1n) is 7.45. The number of hydrogen-bond donors (Lipinski definition) is 3. The molecule has 1 fully saturated rings. The summed E-state index contributed by atoms with van der Waals surface area (Å²) < 4.78 is 5.28. The minimum atomic E-state index is -1.05. The zero-order valence-corrected chi connectivity index (χ0v) is 14.9. The van der Waals surface area contributed by atoms with Gasteiger partial charge in [-0.3, -0.25) is 9.59 Å². The van der Waals surface area contributed by atoms with Crippen molar-refractivity contribution in [1.29, 1.82) is 0 Å². The molecule has 1 aliphatic rings. The standard InChI is InChI=1S/C14H18N2O4.C2H3BrO/c17-13(12-9-15-6-7-20-12)16-11(14(18)19)8-10-4-2-1-3-5-10;1-2(3)4/h1-5,11-12,15H,6-9H2,(H,16,17)(H,18,19);1H3/t11-,12?;/m0./s1. The van der Waals surface area contributed by atoms with Crippen molar-refractivity contribution in [2.45, 2.75) is 25.5 Å². The zero-order chi connectivity index (χ0) is 17.9. The Hall–Kier alpha value is -1.77. The number of halogens is 1. The minimum Gasteiger partial charge on any atom is -0.480 e. The lowest BCUT2D eigenvalue weighted by molar-refractivity contribution is -0.144. The van der Waals surface area contributed by atoms with E-state index in [4.69, 9.17) is 4.74 Å². The quantitative estimate of drug-likeness (QED) is 0.628. The van der Waals surface area contributed by atoms with Gasteiger partial charge in [-0.1, -0.05) is 30.3 Å². The first-order valence-corrected chi connectivity index (χ1v) is 8.25. The van der Waals surface area contributed by atoms with Gasteiger partial charge in [-0.25, -0.2) is 4.79 Å². The number of carbonyl (C=O) groups excluding carboxylic acids is 2. The molecule has 3 N–H and O–H groups in total. The third-order valence-electron chi connectivity index (χ3n) is 3.12. The average Bonchev–Trinajstić information content (AvgIpc) is 2.55. The fourth-order valence-corrected chi connectivity index (χ4v) is 2.05. The molecule has 1 aromatic carbocycles. The van der Waals surface area contributed by atoms with Crippen LogP contribution >= 0.6 is 15.9 Å². The van der Waals surface area contributed by atoms with Crippen LogP contribution in [0.25, 0.3) is 0 Å². The van der Waals surface area contributed by atoms with Gasteiger partial charge in [0.05, 0.1) is 6.61 Å². The highest BCUT2D eigenvalue weighted by molar-refractivity contribution is 9.18. The van der Waals surface area contributed by atoms with Gasteiger partial charge in [-0.05, 0) is 21.5 Å². The van der Waals surface area contributed by atoms with Crippen LogP contribution in [0.3, 0.4) is 0 Å². The van der Waals surface area contributed by atoms with Crippen molar-refractivity contribution in [3.63, 3.8) is 0 Å². The van der Waals surface area contributed by atoms with Gasteiger partial charge in [-0.2, -0.15) is 0 Å². The number of carboxylic acid groups (broad SMARTS) is 1. The monoisotopic (exact) mass is 400 g/mol. The van der Waals surface area contributed by atoms with E-state index in [1.54, 1.807) is 0 Å². The Labute approximate surface area is 148 Å². The third kappa shape index (κ3) is 8.19. The van der Waals surface area contributed by atoms with Crippen LogP contribution in [-0.4, -0.2) is 53.5 Å². The van der Waals surface area contributed by atoms with Crippen LogP contribution in [0, 0.1) is 0 Å². The molecule has 24 heavy (non-hydrogen) atoms. The minimum absolute atomic E-state index is 0.0208. The van der Waals surface area contributed by atoms with Gasteiger partial charge in [0.1, 0.15) is 12.1 Å². The molecule has 2 atom stereocenters. The van der Waals surface area contributed by atoms with E-state index >= 15 is 0 Å². The number of hydrogen-bond acceptors (Lipinski definition) is 5. The molecule has 1 heterocycles. The molecule has 0 aliphatic carbocycles. The van der Waals surface area contributed by atoms with Crippen molar-refractivity contribution in [1.82, 2.24) is 10.6 Å². The van der Waals surface area contributed by atoms with Crippen LogP contribution in [-0.2, 0) is 25.5 Å². The number of aliphatic carboxylic acids is 1. The molecular formula is C16H21BrN2O5. The number of nitrogens with one attached hydrogen (secondary N) is 2. The van der Waals surface area contributed by atoms with Crippen molar-refractivity contribution >= 4 is 32.5 Å². The molecule has 132 valence electrons. The Morgan fingerprint density at radius 2 is 2.00 bits per heavy atom. The summed E-state index contributed by atoms with van der Waals surface area (Å²) in [5, 5.41) is 14.8. The number of carbonyl (C=O) groups is 3. The Morgan fingerprint density at radius 1 is 1.38 bits per heavy atom. The summed E-state index contributed by atoms with van der Waals surface area (Å²) >= 11 is 2.63. The number of amides is 1. The predicted molar refractivity (Wildman–Crippen MR) is 91.9 cm³/mol. The highest BCUT2D eigenvalue weighted by Crippen LogP contribution is 2.05. The molecule has 0 aromatic heterocycles. The summed E-state index contributed by atoms with van der Waals surface area (Å²) in [4.78, 5) is 32.6.